The molecule has 0 aliphatic heterocycles. The first kappa shape index (κ1) is 14.8. The predicted octanol–water partition coefficient (Wildman–Crippen LogP) is 2.59. The third-order valence-electron chi connectivity index (χ3n) is 3.38. The van der Waals surface area contributed by atoms with Crippen LogP contribution in [0.15, 0.2) is 61.2 Å². The molecule has 0 spiro atoms. The van der Waals surface area contributed by atoms with Crippen molar-refractivity contribution < 1.29 is 9.53 Å². The van der Waals surface area contributed by atoms with Crippen molar-refractivity contribution in [1.82, 2.24) is 14.8 Å². The molecular formula is C17H16N4O2. The summed E-state index contributed by atoms with van der Waals surface area (Å²) in [6.45, 7) is 0.619. The molecule has 1 heterocycles. The minimum Gasteiger partial charge on any atom is -0.495 e. The van der Waals surface area contributed by atoms with Gasteiger partial charge in [0.25, 0.3) is 5.91 Å². The zero-order chi connectivity index (χ0) is 16.1. The van der Waals surface area contributed by atoms with Gasteiger partial charge in [-0.15, -0.1) is 0 Å². The maximum Gasteiger partial charge on any atom is 0.255 e. The average Bonchev–Trinajstić information content (AvgIpc) is 3.09. The van der Waals surface area contributed by atoms with E-state index in [9.17, 15) is 4.79 Å². The molecule has 1 N–H and O–H groups in total. The van der Waals surface area contributed by atoms with Crippen LogP contribution in [0.1, 0.15) is 15.9 Å². The normalized spacial score (nSPS) is 10.3. The first-order valence-electron chi connectivity index (χ1n) is 7.12. The fourth-order valence-electron chi connectivity index (χ4n) is 2.21. The topological polar surface area (TPSA) is 69.0 Å². The largest absolute Gasteiger partial charge is 0.495 e. The predicted molar refractivity (Wildman–Crippen MR) is 86.5 cm³/mol. The van der Waals surface area contributed by atoms with Crippen LogP contribution in [0.4, 0.5) is 5.69 Å². The van der Waals surface area contributed by atoms with Crippen LogP contribution in [0.5, 0.6) is 5.75 Å². The van der Waals surface area contributed by atoms with Crippen LogP contribution in [-0.2, 0) is 6.54 Å². The van der Waals surface area contributed by atoms with Gasteiger partial charge in [-0.1, -0.05) is 24.3 Å². The van der Waals surface area contributed by atoms with E-state index in [1.165, 1.54) is 6.33 Å². The van der Waals surface area contributed by atoms with Gasteiger partial charge >= 0.3 is 0 Å². The lowest BCUT2D eigenvalue weighted by molar-refractivity contribution is 0.102. The van der Waals surface area contributed by atoms with Gasteiger partial charge in [0.1, 0.15) is 18.4 Å². The highest BCUT2D eigenvalue weighted by atomic mass is 16.5. The minimum atomic E-state index is -0.179. The number of nitrogens with zero attached hydrogens (tertiary/aromatic N) is 3. The van der Waals surface area contributed by atoms with Crippen LogP contribution >= 0.6 is 0 Å². The number of benzene rings is 2. The van der Waals surface area contributed by atoms with Gasteiger partial charge in [-0.25, -0.2) is 9.67 Å². The summed E-state index contributed by atoms with van der Waals surface area (Å²) in [5, 5.41) is 6.91. The molecule has 2 aromatic carbocycles. The van der Waals surface area contributed by atoms with E-state index in [-0.39, 0.29) is 5.91 Å². The fourth-order valence-corrected chi connectivity index (χ4v) is 2.21. The second kappa shape index (κ2) is 6.74. The Balaban J connectivity index is 1.70. The molecule has 0 atom stereocenters. The summed E-state index contributed by atoms with van der Waals surface area (Å²) >= 11 is 0. The van der Waals surface area contributed by atoms with Crippen molar-refractivity contribution in [2.24, 2.45) is 0 Å². The Morgan fingerprint density at radius 1 is 1.17 bits per heavy atom. The quantitative estimate of drug-likeness (QED) is 0.786. The summed E-state index contributed by atoms with van der Waals surface area (Å²) < 4.78 is 6.96. The second-order valence-electron chi connectivity index (χ2n) is 4.94. The maximum atomic E-state index is 12.3. The van der Waals surface area contributed by atoms with E-state index >= 15 is 0 Å². The Hall–Kier alpha value is -3.15. The van der Waals surface area contributed by atoms with Crippen LogP contribution in [0.2, 0.25) is 0 Å². The van der Waals surface area contributed by atoms with E-state index in [4.69, 9.17) is 4.74 Å². The molecule has 0 aliphatic carbocycles. The third kappa shape index (κ3) is 3.55. The smallest absolute Gasteiger partial charge is 0.255 e. The van der Waals surface area contributed by atoms with E-state index in [0.717, 1.165) is 5.56 Å². The number of hydrogen-bond acceptors (Lipinski definition) is 4. The number of carbonyl (C=O) groups excluding carboxylic acids is 1. The van der Waals surface area contributed by atoms with Gasteiger partial charge in [0.15, 0.2) is 0 Å². The fraction of sp³-hybridized carbons (Fsp3) is 0.118. The first-order valence-corrected chi connectivity index (χ1v) is 7.12. The number of para-hydroxylation sites is 2. The molecular weight excluding hydrogens is 292 g/mol. The monoisotopic (exact) mass is 308 g/mol. The van der Waals surface area contributed by atoms with Crippen molar-refractivity contribution >= 4 is 11.6 Å². The summed E-state index contributed by atoms with van der Waals surface area (Å²) in [4.78, 5) is 16.2. The van der Waals surface area contributed by atoms with E-state index in [1.54, 1.807) is 42.4 Å². The average molecular weight is 308 g/mol. The van der Waals surface area contributed by atoms with E-state index in [2.05, 4.69) is 15.4 Å². The molecule has 1 aromatic heterocycles. The van der Waals surface area contributed by atoms with Crippen LogP contribution in [0, 0.1) is 0 Å². The minimum absolute atomic E-state index is 0.179. The first-order chi connectivity index (χ1) is 11.3. The number of methoxy groups -OCH3 is 1. The number of aromatic nitrogens is 3. The standard InChI is InChI=1S/C17H16N4O2/c1-23-16-5-3-2-4-15(16)20-17(22)14-8-6-13(7-9-14)10-21-12-18-11-19-21/h2-9,11-12H,10H2,1H3,(H,20,22). The molecule has 0 aliphatic rings. The SMILES string of the molecule is COc1ccccc1NC(=O)c1ccc(Cn2cncn2)cc1. The zero-order valence-electron chi connectivity index (χ0n) is 12.6. The highest BCUT2D eigenvalue weighted by Gasteiger charge is 2.09. The lowest BCUT2D eigenvalue weighted by Gasteiger charge is -2.10. The van der Waals surface area contributed by atoms with Crippen LogP contribution in [-0.4, -0.2) is 27.8 Å². The van der Waals surface area contributed by atoms with Crippen molar-refractivity contribution in [2.45, 2.75) is 6.54 Å². The van der Waals surface area contributed by atoms with E-state index in [0.29, 0.717) is 23.5 Å². The number of hydrogen-bond donors (Lipinski definition) is 1. The summed E-state index contributed by atoms with van der Waals surface area (Å²) in [5.41, 5.74) is 2.27. The van der Waals surface area contributed by atoms with Crippen molar-refractivity contribution in [3.63, 3.8) is 0 Å². The Kier molecular flexibility index (Phi) is 4.33. The number of carbonyl (C=O) groups is 1. The van der Waals surface area contributed by atoms with Gasteiger partial charge in [-0.05, 0) is 29.8 Å². The number of rotatable bonds is 5. The maximum absolute atomic E-state index is 12.3. The van der Waals surface area contributed by atoms with Gasteiger partial charge in [-0.2, -0.15) is 5.10 Å². The van der Waals surface area contributed by atoms with E-state index < -0.39 is 0 Å². The van der Waals surface area contributed by atoms with Crippen LogP contribution in [0.3, 0.4) is 0 Å². The van der Waals surface area contributed by atoms with Crippen molar-refractivity contribution in [3.05, 3.63) is 72.3 Å². The van der Waals surface area contributed by atoms with Gasteiger partial charge in [0.2, 0.25) is 0 Å². The number of ether oxygens (including phenoxy) is 1. The van der Waals surface area contributed by atoms with Gasteiger partial charge < -0.3 is 10.1 Å². The zero-order valence-corrected chi connectivity index (χ0v) is 12.6. The van der Waals surface area contributed by atoms with Gasteiger partial charge in [0, 0.05) is 5.56 Å². The Morgan fingerprint density at radius 2 is 1.96 bits per heavy atom. The molecule has 0 saturated carbocycles. The molecule has 6 nitrogen and oxygen atoms in total. The third-order valence-corrected chi connectivity index (χ3v) is 3.38. The highest BCUT2D eigenvalue weighted by molar-refractivity contribution is 6.05. The summed E-state index contributed by atoms with van der Waals surface area (Å²) in [6.07, 6.45) is 3.15. The summed E-state index contributed by atoms with van der Waals surface area (Å²) in [5.74, 6) is 0.449. The molecule has 23 heavy (non-hydrogen) atoms. The van der Waals surface area contributed by atoms with Crippen molar-refractivity contribution in [1.29, 1.82) is 0 Å². The van der Waals surface area contributed by atoms with Crippen LogP contribution < -0.4 is 10.1 Å². The van der Waals surface area contributed by atoms with Crippen LogP contribution in [0.25, 0.3) is 0 Å². The molecule has 116 valence electrons. The Morgan fingerprint density at radius 3 is 2.65 bits per heavy atom. The van der Waals surface area contributed by atoms with Crippen molar-refractivity contribution in [2.75, 3.05) is 12.4 Å². The Labute approximate surface area is 133 Å². The molecule has 3 aromatic rings. The highest BCUT2D eigenvalue weighted by Crippen LogP contribution is 2.23. The second-order valence-corrected chi connectivity index (χ2v) is 4.94. The van der Waals surface area contributed by atoms with E-state index in [1.807, 2.05) is 24.3 Å². The summed E-state index contributed by atoms with van der Waals surface area (Å²) in [6, 6.07) is 14.7. The number of amides is 1. The van der Waals surface area contributed by atoms with Gasteiger partial charge in [0.05, 0.1) is 19.3 Å². The number of nitrogens with one attached hydrogen (secondary N) is 1. The molecule has 6 heteroatoms. The molecule has 1 amide bonds. The van der Waals surface area contributed by atoms with Gasteiger partial charge in [-0.3, -0.25) is 4.79 Å². The summed E-state index contributed by atoms with van der Waals surface area (Å²) in [7, 11) is 1.57. The molecule has 0 radical (unpaired) electrons. The molecule has 0 bridgehead atoms. The number of anilines is 1. The lowest BCUT2D eigenvalue weighted by Crippen LogP contribution is -2.12. The molecule has 3 rings (SSSR count). The molecule has 0 fully saturated rings. The van der Waals surface area contributed by atoms with Crippen molar-refractivity contribution in [3.8, 4) is 5.75 Å². The Bertz CT molecular complexity index is 783. The molecule has 0 saturated heterocycles. The molecule has 0 unspecified atom stereocenters. The lowest BCUT2D eigenvalue weighted by atomic mass is 10.1.